The van der Waals surface area contributed by atoms with Gasteiger partial charge in [0.1, 0.15) is 0 Å². The topological polar surface area (TPSA) is 26.3 Å². The van der Waals surface area contributed by atoms with E-state index in [0.29, 0.717) is 30.3 Å². The molecule has 4 aliphatic rings. The Morgan fingerprint density at radius 3 is 2.58 bits per heavy atom. The third-order valence-electron chi connectivity index (χ3n) is 5.99. The minimum Gasteiger partial charge on any atom is -0.465 e. The first-order valence-electron chi connectivity index (χ1n) is 7.69. The number of rotatable bonds is 3. The minimum atomic E-state index is -0.243. The van der Waals surface area contributed by atoms with Crippen molar-refractivity contribution >= 4 is 5.97 Å². The molecule has 0 spiro atoms. The number of carbonyl (C=O) groups is 1. The van der Waals surface area contributed by atoms with E-state index in [1.54, 1.807) is 0 Å². The molecule has 4 aliphatic carbocycles. The molecule has 2 heteroatoms. The van der Waals surface area contributed by atoms with E-state index in [9.17, 15) is 4.79 Å². The van der Waals surface area contributed by atoms with Crippen LogP contribution < -0.4 is 0 Å². The second kappa shape index (κ2) is 3.97. The Balaban J connectivity index is 1.37. The molecular weight excluding hydrogens is 236 g/mol. The fraction of sp³-hybridized carbons (Fsp3) is 0.706. The highest BCUT2D eigenvalue weighted by Crippen LogP contribution is 2.52. The van der Waals surface area contributed by atoms with Crippen LogP contribution in [-0.4, -0.2) is 12.6 Å². The van der Waals surface area contributed by atoms with Crippen molar-refractivity contribution in [2.45, 2.75) is 32.6 Å². The Hall–Kier alpha value is -1.05. The maximum Gasteiger partial charge on any atom is 0.312 e. The second-order valence-electron chi connectivity index (χ2n) is 7.25. The smallest absolute Gasteiger partial charge is 0.312 e. The van der Waals surface area contributed by atoms with Crippen LogP contribution in [0.1, 0.15) is 32.6 Å². The third-order valence-corrected chi connectivity index (χ3v) is 5.99. The predicted molar refractivity (Wildman–Crippen MR) is 73.3 cm³/mol. The summed E-state index contributed by atoms with van der Waals surface area (Å²) in [5, 5.41) is 0. The number of esters is 1. The lowest BCUT2D eigenvalue weighted by Gasteiger charge is -2.30. The second-order valence-corrected chi connectivity index (χ2v) is 7.25. The van der Waals surface area contributed by atoms with Crippen molar-refractivity contribution in [3.8, 4) is 0 Å². The monoisotopic (exact) mass is 258 g/mol. The zero-order valence-corrected chi connectivity index (χ0v) is 11.5. The average molecular weight is 258 g/mol. The first-order chi connectivity index (χ1) is 9.15. The van der Waals surface area contributed by atoms with E-state index in [0.717, 1.165) is 18.8 Å². The van der Waals surface area contributed by atoms with Gasteiger partial charge in [-0.15, -0.1) is 0 Å². The number of ether oxygens (including phenoxy) is 1. The van der Waals surface area contributed by atoms with E-state index in [2.05, 4.69) is 31.2 Å². The van der Waals surface area contributed by atoms with Crippen LogP contribution in [0.3, 0.4) is 0 Å². The molecule has 0 heterocycles. The van der Waals surface area contributed by atoms with Gasteiger partial charge in [-0.1, -0.05) is 24.3 Å². The van der Waals surface area contributed by atoms with Crippen molar-refractivity contribution in [3.05, 3.63) is 24.3 Å². The molecule has 102 valence electrons. The number of fused-ring (bicyclic) bond motifs is 4. The summed E-state index contributed by atoms with van der Waals surface area (Å²) in [4.78, 5) is 12.4. The number of carbonyl (C=O) groups excluding carboxylic acids is 1. The highest BCUT2D eigenvalue weighted by Gasteiger charge is 2.51. The van der Waals surface area contributed by atoms with Crippen molar-refractivity contribution in [1.82, 2.24) is 0 Å². The van der Waals surface area contributed by atoms with Gasteiger partial charge in [-0.3, -0.25) is 4.79 Å². The van der Waals surface area contributed by atoms with Crippen molar-refractivity contribution in [3.63, 3.8) is 0 Å². The van der Waals surface area contributed by atoms with Gasteiger partial charge < -0.3 is 4.74 Å². The van der Waals surface area contributed by atoms with Crippen LogP contribution >= 0.6 is 0 Å². The highest BCUT2D eigenvalue weighted by molar-refractivity contribution is 5.78. The lowest BCUT2D eigenvalue weighted by atomic mass is 9.77. The fourth-order valence-electron chi connectivity index (χ4n) is 4.76. The number of allylic oxidation sites excluding steroid dienone is 4. The quantitative estimate of drug-likeness (QED) is 0.573. The van der Waals surface area contributed by atoms with E-state index in [-0.39, 0.29) is 11.4 Å². The van der Waals surface area contributed by atoms with E-state index < -0.39 is 0 Å². The van der Waals surface area contributed by atoms with Crippen LogP contribution in [0.15, 0.2) is 24.3 Å². The molecule has 4 rings (SSSR count). The molecule has 2 saturated carbocycles. The molecule has 2 nitrogen and oxygen atoms in total. The van der Waals surface area contributed by atoms with Gasteiger partial charge >= 0.3 is 5.97 Å². The summed E-state index contributed by atoms with van der Waals surface area (Å²) >= 11 is 0. The van der Waals surface area contributed by atoms with Crippen molar-refractivity contribution < 1.29 is 9.53 Å². The molecular formula is C17H22O2. The van der Waals surface area contributed by atoms with Crippen LogP contribution in [-0.2, 0) is 9.53 Å². The number of hydrogen-bond acceptors (Lipinski definition) is 2. The van der Waals surface area contributed by atoms with Crippen molar-refractivity contribution in [1.29, 1.82) is 0 Å². The Kier molecular flexibility index (Phi) is 2.46. The summed E-state index contributed by atoms with van der Waals surface area (Å²) in [6, 6.07) is 0. The molecule has 6 atom stereocenters. The van der Waals surface area contributed by atoms with Gasteiger partial charge in [0.15, 0.2) is 0 Å². The molecule has 6 unspecified atom stereocenters. The van der Waals surface area contributed by atoms with Gasteiger partial charge in [0.05, 0.1) is 12.0 Å². The molecule has 0 N–H and O–H groups in total. The molecule has 0 saturated heterocycles. The Morgan fingerprint density at radius 2 is 2.00 bits per heavy atom. The predicted octanol–water partition coefficient (Wildman–Crippen LogP) is 3.34. The summed E-state index contributed by atoms with van der Waals surface area (Å²) in [5.41, 5.74) is -0.243. The minimum absolute atomic E-state index is 0.0519. The molecule has 19 heavy (non-hydrogen) atoms. The molecule has 0 aromatic heterocycles. The van der Waals surface area contributed by atoms with Gasteiger partial charge in [0, 0.05) is 0 Å². The van der Waals surface area contributed by atoms with Gasteiger partial charge in [0.2, 0.25) is 0 Å². The molecule has 0 radical (unpaired) electrons. The van der Waals surface area contributed by atoms with E-state index in [1.165, 1.54) is 12.8 Å². The standard InChI is InChI=1S/C17H22O2/c1-17(9-12-3-5-15(17)8-12)16(18)19-10-14-7-11-2-4-13(14)6-11/h2-5,11-15H,6-10H2,1H3. The lowest BCUT2D eigenvalue weighted by Crippen LogP contribution is -2.35. The SMILES string of the molecule is CC1(C(=O)OCC2CC3C=CC2C3)CC2C=CC1C2. The fourth-order valence-corrected chi connectivity index (χ4v) is 4.76. The van der Waals surface area contributed by atoms with Gasteiger partial charge in [-0.05, 0) is 62.2 Å². The van der Waals surface area contributed by atoms with Gasteiger partial charge in [-0.25, -0.2) is 0 Å². The largest absolute Gasteiger partial charge is 0.465 e. The zero-order valence-electron chi connectivity index (χ0n) is 11.5. The van der Waals surface area contributed by atoms with Gasteiger partial charge in [0.25, 0.3) is 0 Å². The highest BCUT2D eigenvalue weighted by atomic mass is 16.5. The Labute approximate surface area is 114 Å². The van der Waals surface area contributed by atoms with E-state index in [4.69, 9.17) is 4.74 Å². The molecule has 4 bridgehead atoms. The van der Waals surface area contributed by atoms with E-state index in [1.807, 2.05) is 0 Å². The summed E-state index contributed by atoms with van der Waals surface area (Å²) in [5.74, 6) is 3.10. The first kappa shape index (κ1) is 11.7. The molecule has 0 aromatic rings. The van der Waals surface area contributed by atoms with Crippen LogP contribution in [0.2, 0.25) is 0 Å². The van der Waals surface area contributed by atoms with Crippen LogP contribution in [0.4, 0.5) is 0 Å². The molecule has 0 amide bonds. The third kappa shape index (κ3) is 1.72. The van der Waals surface area contributed by atoms with Crippen LogP contribution in [0, 0.1) is 35.0 Å². The summed E-state index contributed by atoms with van der Waals surface area (Å²) in [6.45, 7) is 2.74. The maximum absolute atomic E-state index is 12.4. The first-order valence-corrected chi connectivity index (χ1v) is 7.69. The Morgan fingerprint density at radius 1 is 1.16 bits per heavy atom. The van der Waals surface area contributed by atoms with Crippen LogP contribution in [0.25, 0.3) is 0 Å². The van der Waals surface area contributed by atoms with Crippen molar-refractivity contribution in [2.24, 2.45) is 35.0 Å². The van der Waals surface area contributed by atoms with E-state index >= 15 is 0 Å². The van der Waals surface area contributed by atoms with Crippen LogP contribution in [0.5, 0.6) is 0 Å². The summed E-state index contributed by atoms with van der Waals surface area (Å²) in [7, 11) is 0. The molecule has 0 aromatic carbocycles. The average Bonchev–Trinajstić information content (AvgIpc) is 3.14. The van der Waals surface area contributed by atoms with Crippen molar-refractivity contribution in [2.75, 3.05) is 6.61 Å². The summed E-state index contributed by atoms with van der Waals surface area (Å²) in [6.07, 6.45) is 13.8. The normalized spacial score (nSPS) is 49.2. The zero-order chi connectivity index (χ0) is 13.0. The maximum atomic E-state index is 12.4. The Bertz CT molecular complexity index is 464. The number of hydrogen-bond donors (Lipinski definition) is 0. The van der Waals surface area contributed by atoms with Gasteiger partial charge in [-0.2, -0.15) is 0 Å². The lowest BCUT2D eigenvalue weighted by molar-refractivity contribution is -0.158. The summed E-state index contributed by atoms with van der Waals surface area (Å²) < 4.78 is 5.71. The molecule has 2 fully saturated rings. The molecule has 0 aliphatic heterocycles.